The molecule has 0 unspecified atom stereocenters. The largest absolute Gasteiger partial charge is 0.335 e. The molecule has 104 valence electrons. The third-order valence-corrected chi connectivity index (χ3v) is 4.53. The zero-order valence-electron chi connectivity index (χ0n) is 11.8. The molecule has 2 amide bonds. The zero-order chi connectivity index (χ0) is 12.8. The van der Waals surface area contributed by atoms with E-state index >= 15 is 0 Å². The SMILES string of the molecule is CCCC1CCN(C(=O)NC2CCCCC2)CC1. The van der Waals surface area contributed by atoms with Gasteiger partial charge in [0, 0.05) is 19.1 Å². The smallest absolute Gasteiger partial charge is 0.317 e. The molecule has 3 heteroatoms. The van der Waals surface area contributed by atoms with Gasteiger partial charge in [-0.05, 0) is 31.6 Å². The Hall–Kier alpha value is -0.730. The van der Waals surface area contributed by atoms with Gasteiger partial charge >= 0.3 is 6.03 Å². The minimum absolute atomic E-state index is 0.192. The number of hydrogen-bond acceptors (Lipinski definition) is 1. The fourth-order valence-electron chi connectivity index (χ4n) is 3.35. The second kappa shape index (κ2) is 7.01. The lowest BCUT2D eigenvalue weighted by molar-refractivity contribution is 0.162. The van der Waals surface area contributed by atoms with Gasteiger partial charge in [0.2, 0.25) is 0 Å². The van der Waals surface area contributed by atoms with E-state index in [9.17, 15) is 4.79 Å². The van der Waals surface area contributed by atoms with E-state index in [0.29, 0.717) is 6.04 Å². The molecule has 1 aliphatic heterocycles. The summed E-state index contributed by atoms with van der Waals surface area (Å²) in [7, 11) is 0. The van der Waals surface area contributed by atoms with Crippen LogP contribution in [0.25, 0.3) is 0 Å². The standard InChI is InChI=1S/C15H28N2O/c1-2-6-13-9-11-17(12-10-13)15(18)16-14-7-4-3-5-8-14/h13-14H,2-12H2,1H3,(H,16,18). The maximum atomic E-state index is 12.1. The number of amides is 2. The first kappa shape index (κ1) is 13.7. The number of carbonyl (C=O) groups is 1. The van der Waals surface area contributed by atoms with Crippen LogP contribution in [0.5, 0.6) is 0 Å². The summed E-state index contributed by atoms with van der Waals surface area (Å²) in [6.07, 6.45) is 11.3. The third kappa shape index (κ3) is 3.89. The van der Waals surface area contributed by atoms with E-state index < -0.39 is 0 Å². The van der Waals surface area contributed by atoms with Crippen molar-refractivity contribution in [2.75, 3.05) is 13.1 Å². The molecule has 0 radical (unpaired) electrons. The molecule has 1 saturated heterocycles. The predicted octanol–water partition coefficient (Wildman–Crippen LogP) is 3.54. The lowest BCUT2D eigenvalue weighted by Crippen LogP contribution is -2.48. The molecule has 0 aromatic carbocycles. The van der Waals surface area contributed by atoms with Crippen LogP contribution in [0, 0.1) is 5.92 Å². The van der Waals surface area contributed by atoms with Crippen molar-refractivity contribution in [3.05, 3.63) is 0 Å². The van der Waals surface area contributed by atoms with Crippen LogP contribution >= 0.6 is 0 Å². The summed E-state index contributed by atoms with van der Waals surface area (Å²) in [6, 6.07) is 0.636. The lowest BCUT2D eigenvalue weighted by Gasteiger charge is -2.33. The molecule has 1 aliphatic carbocycles. The molecule has 2 aliphatic rings. The molecule has 0 bridgehead atoms. The van der Waals surface area contributed by atoms with Crippen LogP contribution in [0.2, 0.25) is 0 Å². The lowest BCUT2D eigenvalue weighted by atomic mass is 9.92. The van der Waals surface area contributed by atoms with Crippen molar-refractivity contribution in [2.24, 2.45) is 5.92 Å². The summed E-state index contributed by atoms with van der Waals surface area (Å²) in [5.41, 5.74) is 0. The van der Waals surface area contributed by atoms with Gasteiger partial charge < -0.3 is 10.2 Å². The monoisotopic (exact) mass is 252 g/mol. The average Bonchev–Trinajstić information content (AvgIpc) is 2.41. The molecular formula is C15H28N2O. The van der Waals surface area contributed by atoms with Gasteiger partial charge in [0.15, 0.2) is 0 Å². The number of hydrogen-bond donors (Lipinski definition) is 1. The Bertz CT molecular complexity index is 253. The molecule has 1 saturated carbocycles. The summed E-state index contributed by atoms with van der Waals surface area (Å²) in [6.45, 7) is 4.18. The molecule has 0 spiro atoms. The maximum Gasteiger partial charge on any atom is 0.317 e. The van der Waals surface area contributed by atoms with Gasteiger partial charge in [-0.1, -0.05) is 39.0 Å². The molecule has 1 heterocycles. The van der Waals surface area contributed by atoms with Gasteiger partial charge in [-0.2, -0.15) is 0 Å². The van der Waals surface area contributed by atoms with E-state index in [-0.39, 0.29) is 6.03 Å². The number of nitrogens with one attached hydrogen (secondary N) is 1. The minimum Gasteiger partial charge on any atom is -0.335 e. The third-order valence-electron chi connectivity index (χ3n) is 4.53. The molecule has 0 atom stereocenters. The Morgan fingerprint density at radius 3 is 2.39 bits per heavy atom. The van der Waals surface area contributed by atoms with Crippen molar-refractivity contribution in [1.82, 2.24) is 10.2 Å². The number of likely N-dealkylation sites (tertiary alicyclic amines) is 1. The summed E-state index contributed by atoms with van der Waals surface area (Å²) in [5, 5.41) is 3.22. The number of urea groups is 1. The molecule has 2 fully saturated rings. The van der Waals surface area contributed by atoms with Crippen LogP contribution in [0.3, 0.4) is 0 Å². The van der Waals surface area contributed by atoms with Crippen LogP contribution in [-0.4, -0.2) is 30.1 Å². The minimum atomic E-state index is 0.192. The normalized spacial score (nSPS) is 23.1. The first-order valence-electron chi connectivity index (χ1n) is 7.85. The Labute approximate surface area is 111 Å². The summed E-state index contributed by atoms with van der Waals surface area (Å²) in [4.78, 5) is 14.2. The number of piperidine rings is 1. The quantitative estimate of drug-likeness (QED) is 0.818. The molecular weight excluding hydrogens is 224 g/mol. The van der Waals surface area contributed by atoms with Crippen LogP contribution < -0.4 is 5.32 Å². The van der Waals surface area contributed by atoms with E-state index in [1.54, 1.807) is 0 Å². The van der Waals surface area contributed by atoms with Gasteiger partial charge in [-0.25, -0.2) is 4.79 Å². The van der Waals surface area contributed by atoms with Gasteiger partial charge in [-0.15, -0.1) is 0 Å². The van der Waals surface area contributed by atoms with Crippen molar-refractivity contribution >= 4 is 6.03 Å². The summed E-state index contributed by atoms with van der Waals surface area (Å²) >= 11 is 0. The highest BCUT2D eigenvalue weighted by atomic mass is 16.2. The van der Waals surface area contributed by atoms with Gasteiger partial charge in [0.05, 0.1) is 0 Å². The molecule has 1 N–H and O–H groups in total. The summed E-state index contributed by atoms with van der Waals surface area (Å²) < 4.78 is 0. The molecule has 2 rings (SSSR count). The topological polar surface area (TPSA) is 32.3 Å². The average molecular weight is 252 g/mol. The van der Waals surface area contributed by atoms with Crippen molar-refractivity contribution in [3.63, 3.8) is 0 Å². The van der Waals surface area contributed by atoms with Crippen LogP contribution in [0.4, 0.5) is 4.79 Å². The molecule has 18 heavy (non-hydrogen) atoms. The Morgan fingerprint density at radius 2 is 1.78 bits per heavy atom. The summed E-state index contributed by atoms with van der Waals surface area (Å²) in [5.74, 6) is 0.855. The highest BCUT2D eigenvalue weighted by Gasteiger charge is 2.24. The maximum absolute atomic E-state index is 12.1. The highest BCUT2D eigenvalue weighted by Crippen LogP contribution is 2.22. The van der Waals surface area contributed by atoms with Gasteiger partial charge in [-0.3, -0.25) is 0 Å². The fraction of sp³-hybridized carbons (Fsp3) is 0.933. The number of nitrogens with zero attached hydrogens (tertiary/aromatic N) is 1. The predicted molar refractivity (Wildman–Crippen MR) is 74.6 cm³/mol. The van der Waals surface area contributed by atoms with Gasteiger partial charge in [0.25, 0.3) is 0 Å². The van der Waals surface area contributed by atoms with Crippen LogP contribution in [-0.2, 0) is 0 Å². The van der Waals surface area contributed by atoms with E-state index in [2.05, 4.69) is 12.2 Å². The van der Waals surface area contributed by atoms with E-state index in [0.717, 1.165) is 19.0 Å². The van der Waals surface area contributed by atoms with Crippen molar-refractivity contribution < 1.29 is 4.79 Å². The van der Waals surface area contributed by atoms with E-state index in [1.807, 2.05) is 4.90 Å². The van der Waals surface area contributed by atoms with Gasteiger partial charge in [0.1, 0.15) is 0 Å². The fourth-order valence-corrected chi connectivity index (χ4v) is 3.35. The number of carbonyl (C=O) groups excluding carboxylic acids is 1. The van der Waals surface area contributed by atoms with Crippen LogP contribution in [0.15, 0.2) is 0 Å². The Kier molecular flexibility index (Phi) is 5.33. The first-order valence-corrected chi connectivity index (χ1v) is 7.85. The van der Waals surface area contributed by atoms with Crippen molar-refractivity contribution in [1.29, 1.82) is 0 Å². The second-order valence-electron chi connectivity index (χ2n) is 6.00. The Balaban J connectivity index is 1.70. The zero-order valence-corrected chi connectivity index (χ0v) is 11.8. The molecule has 0 aromatic heterocycles. The van der Waals surface area contributed by atoms with Crippen molar-refractivity contribution in [3.8, 4) is 0 Å². The number of rotatable bonds is 3. The second-order valence-corrected chi connectivity index (χ2v) is 6.00. The van der Waals surface area contributed by atoms with Crippen molar-refractivity contribution in [2.45, 2.75) is 70.8 Å². The molecule has 0 aromatic rings. The Morgan fingerprint density at radius 1 is 1.11 bits per heavy atom. The highest BCUT2D eigenvalue weighted by molar-refractivity contribution is 5.74. The van der Waals surface area contributed by atoms with E-state index in [4.69, 9.17) is 0 Å². The van der Waals surface area contributed by atoms with E-state index in [1.165, 1.54) is 57.8 Å². The molecule has 3 nitrogen and oxygen atoms in total. The first-order chi connectivity index (χ1) is 8.79. The van der Waals surface area contributed by atoms with Crippen LogP contribution in [0.1, 0.15) is 64.7 Å².